The van der Waals surface area contributed by atoms with Crippen LogP contribution in [0, 0.1) is 0 Å². The van der Waals surface area contributed by atoms with Crippen molar-refractivity contribution >= 4 is 16.6 Å². The third-order valence-electron chi connectivity index (χ3n) is 3.89. The molecule has 0 saturated carbocycles. The van der Waals surface area contributed by atoms with E-state index in [9.17, 15) is 4.79 Å². The molecule has 1 atom stereocenters. The first-order chi connectivity index (χ1) is 9.84. The van der Waals surface area contributed by atoms with Gasteiger partial charge in [0.2, 0.25) is 0 Å². The van der Waals surface area contributed by atoms with Gasteiger partial charge in [-0.05, 0) is 37.1 Å². The van der Waals surface area contributed by atoms with Crippen molar-refractivity contribution in [3.05, 3.63) is 42.2 Å². The number of rotatable bonds is 5. The minimum absolute atomic E-state index is 0.139. The summed E-state index contributed by atoms with van der Waals surface area (Å²) in [6, 6.07) is 9.86. The maximum Gasteiger partial charge on any atom is 0.181 e. The second-order valence-corrected chi connectivity index (χ2v) is 5.33. The van der Waals surface area contributed by atoms with Crippen LogP contribution in [0.1, 0.15) is 42.6 Å². The molecule has 1 unspecified atom stereocenters. The molecule has 104 valence electrons. The maximum atomic E-state index is 12.3. The Balaban J connectivity index is 1.66. The third kappa shape index (κ3) is 2.88. The Labute approximate surface area is 119 Å². The third-order valence-corrected chi connectivity index (χ3v) is 3.89. The first kappa shape index (κ1) is 13.3. The van der Waals surface area contributed by atoms with Crippen LogP contribution in [0.15, 0.2) is 36.5 Å². The van der Waals surface area contributed by atoms with Crippen molar-refractivity contribution in [1.82, 2.24) is 4.98 Å². The van der Waals surface area contributed by atoms with Crippen molar-refractivity contribution in [3.63, 3.8) is 0 Å². The van der Waals surface area contributed by atoms with E-state index in [0.29, 0.717) is 18.2 Å². The molecule has 3 heteroatoms. The zero-order chi connectivity index (χ0) is 13.8. The average molecular weight is 269 g/mol. The van der Waals surface area contributed by atoms with Crippen LogP contribution in [0.5, 0.6) is 0 Å². The number of nitrogens with zero attached hydrogens (tertiary/aromatic N) is 1. The van der Waals surface area contributed by atoms with Gasteiger partial charge in [-0.25, -0.2) is 0 Å². The van der Waals surface area contributed by atoms with Crippen LogP contribution in [0.25, 0.3) is 10.8 Å². The summed E-state index contributed by atoms with van der Waals surface area (Å²) in [6.45, 7) is 0.878. The number of carbonyl (C=O) groups excluding carboxylic acids is 1. The smallest absolute Gasteiger partial charge is 0.181 e. The number of ether oxygens (including phenoxy) is 1. The predicted molar refractivity (Wildman–Crippen MR) is 78.9 cm³/mol. The summed E-state index contributed by atoms with van der Waals surface area (Å²) < 4.78 is 5.58. The van der Waals surface area contributed by atoms with Crippen LogP contribution in [-0.2, 0) is 4.74 Å². The SMILES string of the molecule is O=C(CCCC1CCCO1)c1nccc2ccccc12. The number of pyridine rings is 1. The van der Waals surface area contributed by atoms with Crippen LogP contribution >= 0.6 is 0 Å². The fourth-order valence-electron chi connectivity index (χ4n) is 2.82. The minimum Gasteiger partial charge on any atom is -0.378 e. The second kappa shape index (κ2) is 6.14. The standard InChI is InChI=1S/C17H19NO2/c19-16(9-3-6-14-7-4-12-20-14)17-15-8-2-1-5-13(15)10-11-18-17/h1-2,5,8,10-11,14H,3-4,6-7,9,12H2. The monoisotopic (exact) mass is 269 g/mol. The van der Waals surface area contributed by atoms with E-state index < -0.39 is 0 Å². The van der Waals surface area contributed by atoms with Crippen molar-refractivity contribution in [2.45, 2.75) is 38.2 Å². The van der Waals surface area contributed by atoms with Gasteiger partial charge < -0.3 is 4.74 Å². The molecule has 20 heavy (non-hydrogen) atoms. The van der Waals surface area contributed by atoms with Crippen LogP contribution < -0.4 is 0 Å². The number of hydrogen-bond acceptors (Lipinski definition) is 3. The number of carbonyl (C=O) groups is 1. The molecule has 2 heterocycles. The molecule has 0 bridgehead atoms. The van der Waals surface area contributed by atoms with Crippen LogP contribution in [0.4, 0.5) is 0 Å². The number of hydrogen-bond donors (Lipinski definition) is 0. The molecular formula is C17H19NO2. The Bertz CT molecular complexity index is 597. The zero-order valence-corrected chi connectivity index (χ0v) is 11.5. The summed E-state index contributed by atoms with van der Waals surface area (Å²) in [7, 11) is 0. The molecule has 0 amide bonds. The number of benzene rings is 1. The van der Waals surface area contributed by atoms with E-state index in [1.54, 1.807) is 6.20 Å². The fraction of sp³-hybridized carbons (Fsp3) is 0.412. The number of Topliss-reactive ketones (excluding diaryl/α,β-unsaturated/α-hetero) is 1. The van der Waals surface area contributed by atoms with Crippen molar-refractivity contribution < 1.29 is 9.53 Å². The van der Waals surface area contributed by atoms with E-state index >= 15 is 0 Å². The summed E-state index contributed by atoms with van der Waals surface area (Å²) in [5.41, 5.74) is 0.607. The van der Waals surface area contributed by atoms with Gasteiger partial charge in [-0.15, -0.1) is 0 Å². The topological polar surface area (TPSA) is 39.2 Å². The minimum atomic E-state index is 0.139. The van der Waals surface area contributed by atoms with E-state index in [2.05, 4.69) is 4.98 Å². The van der Waals surface area contributed by atoms with Crippen molar-refractivity contribution in [2.75, 3.05) is 6.61 Å². The molecule has 0 N–H and O–H groups in total. The first-order valence-electron chi connectivity index (χ1n) is 7.33. The molecule has 1 aromatic heterocycles. The van der Waals surface area contributed by atoms with E-state index in [1.807, 2.05) is 30.3 Å². The van der Waals surface area contributed by atoms with Gasteiger partial charge >= 0.3 is 0 Å². The van der Waals surface area contributed by atoms with Gasteiger partial charge in [-0.2, -0.15) is 0 Å². The van der Waals surface area contributed by atoms with Gasteiger partial charge in [0.25, 0.3) is 0 Å². The van der Waals surface area contributed by atoms with E-state index in [1.165, 1.54) is 0 Å². The van der Waals surface area contributed by atoms with Crippen LogP contribution in [0.2, 0.25) is 0 Å². The lowest BCUT2D eigenvalue weighted by Crippen LogP contribution is -2.07. The molecule has 2 aromatic rings. The van der Waals surface area contributed by atoms with E-state index in [0.717, 1.165) is 43.1 Å². The Morgan fingerprint density at radius 2 is 2.20 bits per heavy atom. The summed E-state index contributed by atoms with van der Waals surface area (Å²) in [6.07, 6.45) is 6.80. The van der Waals surface area contributed by atoms with Crippen LogP contribution in [-0.4, -0.2) is 23.5 Å². The first-order valence-corrected chi connectivity index (χ1v) is 7.33. The number of aromatic nitrogens is 1. The molecule has 0 spiro atoms. The van der Waals surface area contributed by atoms with E-state index in [-0.39, 0.29) is 5.78 Å². The molecular weight excluding hydrogens is 250 g/mol. The van der Waals surface area contributed by atoms with Gasteiger partial charge in [0.05, 0.1) is 6.10 Å². The zero-order valence-electron chi connectivity index (χ0n) is 11.5. The lowest BCUT2D eigenvalue weighted by Gasteiger charge is -2.08. The Hall–Kier alpha value is -1.74. The Morgan fingerprint density at radius 3 is 3.05 bits per heavy atom. The van der Waals surface area contributed by atoms with Crippen LogP contribution in [0.3, 0.4) is 0 Å². The van der Waals surface area contributed by atoms with Gasteiger partial charge in [0, 0.05) is 24.6 Å². The van der Waals surface area contributed by atoms with Crippen molar-refractivity contribution in [2.24, 2.45) is 0 Å². The quantitative estimate of drug-likeness (QED) is 0.776. The largest absolute Gasteiger partial charge is 0.378 e. The summed E-state index contributed by atoms with van der Waals surface area (Å²) in [4.78, 5) is 16.6. The molecule has 3 nitrogen and oxygen atoms in total. The summed E-state index contributed by atoms with van der Waals surface area (Å²) >= 11 is 0. The molecule has 1 aromatic carbocycles. The molecule has 1 fully saturated rings. The summed E-state index contributed by atoms with van der Waals surface area (Å²) in [5, 5.41) is 2.03. The maximum absolute atomic E-state index is 12.3. The highest BCUT2D eigenvalue weighted by Crippen LogP contribution is 2.21. The molecule has 1 aliphatic rings. The molecule has 0 aliphatic carbocycles. The van der Waals surface area contributed by atoms with Crippen molar-refractivity contribution in [1.29, 1.82) is 0 Å². The van der Waals surface area contributed by atoms with Gasteiger partial charge in [0.15, 0.2) is 5.78 Å². The predicted octanol–water partition coefficient (Wildman–Crippen LogP) is 3.77. The molecule has 3 rings (SSSR count). The normalized spacial score (nSPS) is 18.5. The second-order valence-electron chi connectivity index (χ2n) is 5.33. The number of ketones is 1. The van der Waals surface area contributed by atoms with Gasteiger partial charge in [-0.3, -0.25) is 9.78 Å². The Morgan fingerprint density at radius 1 is 1.30 bits per heavy atom. The molecule has 1 saturated heterocycles. The van der Waals surface area contributed by atoms with Gasteiger partial charge in [-0.1, -0.05) is 24.3 Å². The van der Waals surface area contributed by atoms with E-state index in [4.69, 9.17) is 4.74 Å². The highest BCUT2D eigenvalue weighted by atomic mass is 16.5. The molecule has 1 aliphatic heterocycles. The number of fused-ring (bicyclic) bond motifs is 1. The highest BCUT2D eigenvalue weighted by Gasteiger charge is 2.16. The van der Waals surface area contributed by atoms with Gasteiger partial charge in [0.1, 0.15) is 5.69 Å². The fourth-order valence-corrected chi connectivity index (χ4v) is 2.82. The Kier molecular flexibility index (Phi) is 4.07. The lowest BCUT2D eigenvalue weighted by atomic mass is 10.0. The highest BCUT2D eigenvalue weighted by molar-refractivity contribution is 6.06. The molecule has 0 radical (unpaired) electrons. The summed E-state index contributed by atoms with van der Waals surface area (Å²) in [5.74, 6) is 0.139. The average Bonchev–Trinajstić information content (AvgIpc) is 3.00. The lowest BCUT2D eigenvalue weighted by molar-refractivity contribution is 0.0920. The van der Waals surface area contributed by atoms with Crippen molar-refractivity contribution in [3.8, 4) is 0 Å².